The van der Waals surface area contributed by atoms with E-state index in [9.17, 15) is 9.59 Å². The zero-order valence-corrected chi connectivity index (χ0v) is 21.3. The van der Waals surface area contributed by atoms with E-state index in [0.29, 0.717) is 22.2 Å². The summed E-state index contributed by atoms with van der Waals surface area (Å²) in [7, 11) is 0. The van der Waals surface area contributed by atoms with Crippen molar-refractivity contribution in [2.45, 2.75) is 65.9 Å². The molecule has 0 saturated heterocycles. The maximum Gasteiger partial charge on any atom is 0.291 e. The Kier molecular flexibility index (Phi) is 6.21. The molecule has 0 fully saturated rings. The number of hydrogen-bond acceptors (Lipinski definition) is 5. The van der Waals surface area contributed by atoms with Crippen molar-refractivity contribution in [3.05, 3.63) is 69.0 Å². The molecule has 3 aromatic rings. The van der Waals surface area contributed by atoms with Crippen LogP contribution in [-0.4, -0.2) is 11.8 Å². The zero-order chi connectivity index (χ0) is 24.7. The molecule has 1 atom stereocenters. The molecule has 2 aliphatic carbocycles. The first-order valence-corrected chi connectivity index (χ1v) is 13.1. The van der Waals surface area contributed by atoms with Gasteiger partial charge >= 0.3 is 0 Å². The first-order valence-electron chi connectivity index (χ1n) is 12.3. The van der Waals surface area contributed by atoms with Gasteiger partial charge in [0.25, 0.3) is 11.8 Å². The number of aryl methyl sites for hydroxylation is 2. The summed E-state index contributed by atoms with van der Waals surface area (Å²) in [5, 5.41) is 3.39. The van der Waals surface area contributed by atoms with Gasteiger partial charge in [-0.15, -0.1) is 11.3 Å². The zero-order valence-electron chi connectivity index (χ0n) is 20.5. The van der Waals surface area contributed by atoms with E-state index < -0.39 is 11.8 Å². The van der Waals surface area contributed by atoms with Gasteiger partial charge in [-0.1, -0.05) is 26.8 Å². The second-order valence-corrected chi connectivity index (χ2v) is 11.8. The fourth-order valence-corrected chi connectivity index (χ4v) is 6.54. The molecule has 5 rings (SSSR count). The number of primary amides is 1. The fourth-order valence-electron chi connectivity index (χ4n) is 5.21. The lowest BCUT2D eigenvalue weighted by atomic mass is 9.72. The van der Waals surface area contributed by atoms with Gasteiger partial charge in [0.1, 0.15) is 23.1 Å². The average Bonchev–Trinajstić information content (AvgIpc) is 3.53. The summed E-state index contributed by atoms with van der Waals surface area (Å²) in [5.74, 6) is 1.15. The highest BCUT2D eigenvalue weighted by atomic mass is 32.1. The van der Waals surface area contributed by atoms with Crippen LogP contribution >= 0.6 is 11.3 Å². The third-order valence-corrected chi connectivity index (χ3v) is 8.47. The molecule has 0 spiro atoms. The molecule has 2 heterocycles. The molecule has 2 aliphatic rings. The first kappa shape index (κ1) is 23.7. The number of nitrogens with one attached hydrogen (secondary N) is 1. The molecule has 0 radical (unpaired) electrons. The van der Waals surface area contributed by atoms with Crippen LogP contribution in [0.3, 0.4) is 0 Å². The summed E-state index contributed by atoms with van der Waals surface area (Å²) in [5.41, 5.74) is 10.1. The second-order valence-electron chi connectivity index (χ2n) is 10.7. The molecule has 0 aliphatic heterocycles. The van der Waals surface area contributed by atoms with Gasteiger partial charge in [0.15, 0.2) is 5.76 Å². The third kappa shape index (κ3) is 4.87. The van der Waals surface area contributed by atoms with E-state index in [2.05, 4.69) is 38.2 Å². The Bertz CT molecular complexity index is 1280. The average molecular weight is 493 g/mol. The van der Waals surface area contributed by atoms with Gasteiger partial charge in [0, 0.05) is 4.88 Å². The Morgan fingerprint density at radius 3 is 2.71 bits per heavy atom. The van der Waals surface area contributed by atoms with Crippen molar-refractivity contribution in [3.63, 3.8) is 0 Å². The lowest BCUT2D eigenvalue weighted by Crippen LogP contribution is -2.27. The summed E-state index contributed by atoms with van der Waals surface area (Å²) in [6.45, 7) is 6.98. The van der Waals surface area contributed by atoms with Gasteiger partial charge in [-0.3, -0.25) is 9.59 Å². The molecule has 35 heavy (non-hydrogen) atoms. The highest BCUT2D eigenvalue weighted by molar-refractivity contribution is 7.17. The number of benzene rings is 1. The maximum absolute atomic E-state index is 12.9. The lowest BCUT2D eigenvalue weighted by molar-refractivity contribution is 0.0993. The van der Waals surface area contributed by atoms with Gasteiger partial charge in [-0.05, 0) is 90.8 Å². The topological polar surface area (TPSA) is 94.6 Å². The van der Waals surface area contributed by atoms with Crippen LogP contribution in [0.2, 0.25) is 0 Å². The Hall–Kier alpha value is -3.06. The molecule has 7 heteroatoms. The van der Waals surface area contributed by atoms with E-state index in [0.717, 1.165) is 48.3 Å². The van der Waals surface area contributed by atoms with E-state index in [1.165, 1.54) is 28.9 Å². The summed E-state index contributed by atoms with van der Waals surface area (Å²) < 4.78 is 11.6. The van der Waals surface area contributed by atoms with Crippen LogP contribution in [0.1, 0.15) is 81.9 Å². The Morgan fingerprint density at radius 1 is 1.14 bits per heavy atom. The number of carbonyl (C=O) groups excluding carboxylic acids is 2. The van der Waals surface area contributed by atoms with Crippen LogP contribution in [0.15, 0.2) is 34.7 Å². The summed E-state index contributed by atoms with van der Waals surface area (Å²) in [6, 6.07) is 9.57. The van der Waals surface area contributed by atoms with Gasteiger partial charge in [0.05, 0.1) is 5.56 Å². The molecule has 6 nitrogen and oxygen atoms in total. The Morgan fingerprint density at radius 2 is 1.94 bits per heavy atom. The van der Waals surface area contributed by atoms with Crippen LogP contribution in [0.5, 0.6) is 5.75 Å². The van der Waals surface area contributed by atoms with E-state index >= 15 is 0 Å². The number of thiophene rings is 1. The predicted octanol–water partition coefficient (Wildman–Crippen LogP) is 5.91. The quantitative estimate of drug-likeness (QED) is 0.447. The number of rotatable bonds is 6. The molecular weight excluding hydrogens is 460 g/mol. The maximum atomic E-state index is 12.9. The van der Waals surface area contributed by atoms with Crippen LogP contribution in [-0.2, 0) is 32.3 Å². The standard InChI is InChI=1S/C28H32N2O4S/c1-28(2,3)18-8-11-21-23(14-18)35-27(24(21)25(29)31)30-26(32)22-12-10-20(34-22)15-33-19-9-7-16-5-4-6-17(16)13-19/h7,9-10,12-13,18H,4-6,8,11,14-15H2,1-3H3,(H2,29,31)(H,30,32). The van der Waals surface area contributed by atoms with Gasteiger partial charge in [-0.25, -0.2) is 0 Å². The van der Waals surface area contributed by atoms with Crippen LogP contribution < -0.4 is 15.8 Å². The van der Waals surface area contributed by atoms with Crippen molar-refractivity contribution >= 4 is 28.2 Å². The number of hydrogen-bond donors (Lipinski definition) is 2. The summed E-state index contributed by atoms with van der Waals surface area (Å²) >= 11 is 1.46. The smallest absolute Gasteiger partial charge is 0.291 e. The van der Waals surface area contributed by atoms with Crippen molar-refractivity contribution in [1.29, 1.82) is 0 Å². The molecule has 2 aromatic heterocycles. The number of furan rings is 1. The molecule has 0 saturated carbocycles. The minimum atomic E-state index is -0.505. The van der Waals surface area contributed by atoms with Crippen molar-refractivity contribution in [2.24, 2.45) is 17.1 Å². The largest absolute Gasteiger partial charge is 0.486 e. The lowest BCUT2D eigenvalue weighted by Gasteiger charge is -2.33. The molecule has 1 aromatic carbocycles. The minimum Gasteiger partial charge on any atom is -0.486 e. The molecule has 0 bridgehead atoms. The number of ether oxygens (including phenoxy) is 1. The van der Waals surface area contributed by atoms with Gasteiger partial charge in [-0.2, -0.15) is 0 Å². The van der Waals surface area contributed by atoms with E-state index in [4.69, 9.17) is 14.9 Å². The second kappa shape index (κ2) is 9.19. The van der Waals surface area contributed by atoms with Crippen LogP contribution in [0.4, 0.5) is 5.00 Å². The van der Waals surface area contributed by atoms with Crippen LogP contribution in [0.25, 0.3) is 0 Å². The van der Waals surface area contributed by atoms with Gasteiger partial charge in [0.2, 0.25) is 0 Å². The molecular formula is C28H32N2O4S. The third-order valence-electron chi connectivity index (χ3n) is 7.30. The van der Waals surface area contributed by atoms with Crippen molar-refractivity contribution in [3.8, 4) is 5.75 Å². The first-order chi connectivity index (χ1) is 16.7. The van der Waals surface area contributed by atoms with E-state index in [1.54, 1.807) is 12.1 Å². The molecule has 1 unspecified atom stereocenters. The predicted molar refractivity (Wildman–Crippen MR) is 137 cm³/mol. The number of nitrogens with two attached hydrogens (primary N) is 1. The van der Waals surface area contributed by atoms with Crippen molar-refractivity contribution < 1.29 is 18.7 Å². The highest BCUT2D eigenvalue weighted by Gasteiger charge is 2.33. The Balaban J connectivity index is 1.27. The molecule has 184 valence electrons. The molecule has 3 N–H and O–H groups in total. The number of anilines is 1. The number of amides is 2. The van der Waals surface area contributed by atoms with Crippen molar-refractivity contribution in [1.82, 2.24) is 0 Å². The SMILES string of the molecule is CC(C)(C)C1CCc2c(sc(NC(=O)c3ccc(COc4ccc5c(c4)CCC5)o3)c2C(N)=O)C1. The Labute approximate surface area is 209 Å². The summed E-state index contributed by atoms with van der Waals surface area (Å²) in [4.78, 5) is 26.4. The molecule has 2 amide bonds. The van der Waals surface area contributed by atoms with E-state index in [1.807, 2.05) is 6.07 Å². The van der Waals surface area contributed by atoms with E-state index in [-0.39, 0.29) is 17.8 Å². The minimum absolute atomic E-state index is 0.173. The highest BCUT2D eigenvalue weighted by Crippen LogP contribution is 2.44. The summed E-state index contributed by atoms with van der Waals surface area (Å²) in [6.07, 6.45) is 6.11. The van der Waals surface area contributed by atoms with Crippen LogP contribution in [0, 0.1) is 11.3 Å². The van der Waals surface area contributed by atoms with Gasteiger partial charge < -0.3 is 20.2 Å². The fraction of sp³-hybridized carbons (Fsp3) is 0.429. The number of carbonyl (C=O) groups is 2. The normalized spacial score (nSPS) is 17.1. The monoisotopic (exact) mass is 492 g/mol. The number of fused-ring (bicyclic) bond motifs is 2. The van der Waals surface area contributed by atoms with Crippen molar-refractivity contribution in [2.75, 3.05) is 5.32 Å².